The normalized spacial score (nSPS) is 18.5. The van der Waals surface area contributed by atoms with Gasteiger partial charge in [-0.2, -0.15) is 0 Å². The summed E-state index contributed by atoms with van der Waals surface area (Å²) >= 11 is 5.92. The molecular formula is C14H18ClFO. The van der Waals surface area contributed by atoms with Gasteiger partial charge in [0.25, 0.3) is 0 Å². The number of hydrogen-bond acceptors (Lipinski definition) is 1. The molecule has 0 amide bonds. The van der Waals surface area contributed by atoms with E-state index >= 15 is 0 Å². The predicted molar refractivity (Wildman–Crippen MR) is 67.6 cm³/mol. The lowest BCUT2D eigenvalue weighted by Crippen LogP contribution is -2.02. The number of halogens is 2. The molecule has 0 bridgehead atoms. The monoisotopic (exact) mass is 256 g/mol. The molecule has 1 fully saturated rings. The third-order valence-electron chi connectivity index (χ3n) is 3.64. The van der Waals surface area contributed by atoms with Gasteiger partial charge in [-0.05, 0) is 36.5 Å². The Labute approximate surface area is 107 Å². The molecule has 17 heavy (non-hydrogen) atoms. The van der Waals surface area contributed by atoms with Crippen molar-refractivity contribution in [1.82, 2.24) is 0 Å². The molecule has 3 heteroatoms. The zero-order chi connectivity index (χ0) is 12.3. The highest BCUT2D eigenvalue weighted by atomic mass is 35.5. The Balaban J connectivity index is 1.91. The van der Waals surface area contributed by atoms with Crippen LogP contribution in [0.1, 0.15) is 50.2 Å². The molecule has 0 saturated heterocycles. The lowest BCUT2D eigenvalue weighted by molar-refractivity contribution is 0.157. The first-order valence-corrected chi connectivity index (χ1v) is 6.67. The number of aliphatic hydroxyl groups is 1. The van der Waals surface area contributed by atoms with Crippen LogP contribution in [-0.4, -0.2) is 5.11 Å². The largest absolute Gasteiger partial charge is 0.388 e. The van der Waals surface area contributed by atoms with Gasteiger partial charge in [0.15, 0.2) is 0 Å². The third kappa shape index (κ3) is 3.43. The lowest BCUT2D eigenvalue weighted by Gasteiger charge is -2.15. The molecule has 2 rings (SSSR count). The highest BCUT2D eigenvalue weighted by molar-refractivity contribution is 6.31. The average molecular weight is 257 g/mol. The first kappa shape index (κ1) is 12.8. The van der Waals surface area contributed by atoms with Crippen LogP contribution in [-0.2, 0) is 0 Å². The van der Waals surface area contributed by atoms with Crippen molar-refractivity contribution in [1.29, 1.82) is 0 Å². The van der Waals surface area contributed by atoms with Gasteiger partial charge >= 0.3 is 0 Å². The maximum atomic E-state index is 12.9. The fourth-order valence-electron chi connectivity index (χ4n) is 2.62. The molecule has 1 aliphatic rings. The van der Waals surface area contributed by atoms with Crippen molar-refractivity contribution in [3.8, 4) is 0 Å². The molecular weight excluding hydrogens is 239 g/mol. The van der Waals surface area contributed by atoms with Gasteiger partial charge < -0.3 is 5.11 Å². The summed E-state index contributed by atoms with van der Waals surface area (Å²) in [5, 5.41) is 10.4. The van der Waals surface area contributed by atoms with Crippen LogP contribution < -0.4 is 0 Å². The van der Waals surface area contributed by atoms with E-state index in [0.717, 1.165) is 18.8 Å². The van der Waals surface area contributed by atoms with Crippen molar-refractivity contribution in [2.75, 3.05) is 0 Å². The van der Waals surface area contributed by atoms with Crippen molar-refractivity contribution in [3.63, 3.8) is 0 Å². The van der Waals surface area contributed by atoms with Gasteiger partial charge in [-0.3, -0.25) is 0 Å². The first-order valence-electron chi connectivity index (χ1n) is 6.30. The SMILES string of the molecule is OC(CCC1CCCC1)c1ccc(F)cc1Cl. The molecule has 0 heterocycles. The second kappa shape index (κ2) is 5.83. The maximum Gasteiger partial charge on any atom is 0.124 e. The number of hydrogen-bond donors (Lipinski definition) is 1. The van der Waals surface area contributed by atoms with Crippen LogP contribution in [0, 0.1) is 11.7 Å². The molecule has 1 atom stereocenters. The molecule has 1 aromatic carbocycles. The Morgan fingerprint density at radius 1 is 1.35 bits per heavy atom. The Morgan fingerprint density at radius 3 is 2.71 bits per heavy atom. The standard InChI is InChI=1S/C14H18ClFO/c15-13-9-11(16)6-7-12(13)14(17)8-5-10-3-1-2-4-10/h6-7,9-10,14,17H,1-5,8H2. The molecule has 94 valence electrons. The number of rotatable bonds is 4. The zero-order valence-electron chi connectivity index (χ0n) is 9.83. The highest BCUT2D eigenvalue weighted by Gasteiger charge is 2.18. The first-order chi connectivity index (χ1) is 8.16. The number of aliphatic hydroxyl groups excluding tert-OH is 1. The fraction of sp³-hybridized carbons (Fsp3) is 0.571. The second-order valence-corrected chi connectivity index (χ2v) is 5.32. The summed E-state index contributed by atoms with van der Waals surface area (Å²) in [6, 6.07) is 4.19. The molecule has 1 nitrogen and oxygen atoms in total. The van der Waals surface area contributed by atoms with E-state index in [9.17, 15) is 9.50 Å². The minimum Gasteiger partial charge on any atom is -0.388 e. The quantitative estimate of drug-likeness (QED) is 0.842. The van der Waals surface area contributed by atoms with Gasteiger partial charge in [-0.1, -0.05) is 43.4 Å². The molecule has 0 spiro atoms. The smallest absolute Gasteiger partial charge is 0.124 e. The zero-order valence-corrected chi connectivity index (χ0v) is 10.6. The summed E-state index contributed by atoms with van der Waals surface area (Å²) in [5.74, 6) is 0.394. The van der Waals surface area contributed by atoms with Crippen LogP contribution in [0.5, 0.6) is 0 Å². The van der Waals surface area contributed by atoms with E-state index in [4.69, 9.17) is 11.6 Å². The molecule has 0 aromatic heterocycles. The molecule has 1 saturated carbocycles. The van der Waals surface area contributed by atoms with E-state index < -0.39 is 6.10 Å². The maximum absolute atomic E-state index is 12.9. The fourth-order valence-corrected chi connectivity index (χ4v) is 2.91. The van der Waals surface area contributed by atoms with Gasteiger partial charge in [0.1, 0.15) is 5.82 Å². The van der Waals surface area contributed by atoms with Crippen LogP contribution in [0.2, 0.25) is 5.02 Å². The molecule has 0 radical (unpaired) electrons. The van der Waals surface area contributed by atoms with E-state index in [1.54, 1.807) is 6.07 Å². The van der Waals surface area contributed by atoms with E-state index in [-0.39, 0.29) is 5.82 Å². The summed E-state index contributed by atoms with van der Waals surface area (Å²) < 4.78 is 12.9. The van der Waals surface area contributed by atoms with E-state index in [1.807, 2.05) is 0 Å². The summed E-state index contributed by atoms with van der Waals surface area (Å²) in [6.45, 7) is 0. The van der Waals surface area contributed by atoms with Crippen molar-refractivity contribution in [2.45, 2.75) is 44.6 Å². The molecule has 1 aromatic rings. The third-order valence-corrected chi connectivity index (χ3v) is 3.97. The second-order valence-electron chi connectivity index (χ2n) is 4.91. The van der Waals surface area contributed by atoms with Crippen LogP contribution in [0.3, 0.4) is 0 Å². The molecule has 0 aliphatic heterocycles. The molecule has 1 N–H and O–H groups in total. The van der Waals surface area contributed by atoms with E-state index in [1.165, 1.54) is 37.8 Å². The lowest BCUT2D eigenvalue weighted by atomic mass is 9.96. The molecule has 1 unspecified atom stereocenters. The highest BCUT2D eigenvalue weighted by Crippen LogP contribution is 2.33. The van der Waals surface area contributed by atoms with Crippen LogP contribution >= 0.6 is 11.6 Å². The Hall–Kier alpha value is -0.600. The van der Waals surface area contributed by atoms with Gasteiger partial charge in [0.2, 0.25) is 0 Å². The predicted octanol–water partition coefficient (Wildman–Crippen LogP) is 4.48. The summed E-state index contributed by atoms with van der Waals surface area (Å²) in [4.78, 5) is 0. The van der Waals surface area contributed by atoms with Crippen molar-refractivity contribution < 1.29 is 9.50 Å². The Bertz CT molecular complexity index is 374. The van der Waals surface area contributed by atoms with Crippen molar-refractivity contribution in [2.24, 2.45) is 5.92 Å². The van der Waals surface area contributed by atoms with Gasteiger partial charge in [0, 0.05) is 5.02 Å². The van der Waals surface area contributed by atoms with Crippen molar-refractivity contribution in [3.05, 3.63) is 34.6 Å². The Kier molecular flexibility index (Phi) is 4.41. The molecule has 1 aliphatic carbocycles. The number of benzene rings is 1. The van der Waals surface area contributed by atoms with E-state index in [2.05, 4.69) is 0 Å². The summed E-state index contributed by atoms with van der Waals surface area (Å²) in [6.07, 6.45) is 6.39. The van der Waals surface area contributed by atoms with Crippen molar-refractivity contribution >= 4 is 11.6 Å². The summed E-state index contributed by atoms with van der Waals surface area (Å²) in [5.41, 5.74) is 0.645. The summed E-state index contributed by atoms with van der Waals surface area (Å²) in [7, 11) is 0. The van der Waals surface area contributed by atoms with E-state index in [0.29, 0.717) is 10.6 Å². The minimum atomic E-state index is -0.566. The topological polar surface area (TPSA) is 20.2 Å². The van der Waals surface area contributed by atoms with Gasteiger partial charge in [-0.15, -0.1) is 0 Å². The minimum absolute atomic E-state index is 0.323. The van der Waals surface area contributed by atoms with Crippen LogP contribution in [0.4, 0.5) is 4.39 Å². The Morgan fingerprint density at radius 2 is 2.06 bits per heavy atom. The average Bonchev–Trinajstić information content (AvgIpc) is 2.78. The van der Waals surface area contributed by atoms with Crippen LogP contribution in [0.25, 0.3) is 0 Å². The van der Waals surface area contributed by atoms with Crippen LogP contribution in [0.15, 0.2) is 18.2 Å². The van der Waals surface area contributed by atoms with Gasteiger partial charge in [-0.25, -0.2) is 4.39 Å². The van der Waals surface area contributed by atoms with Gasteiger partial charge in [0.05, 0.1) is 6.10 Å².